The van der Waals surface area contributed by atoms with Crippen molar-refractivity contribution in [1.82, 2.24) is 0 Å². The third kappa shape index (κ3) is 3.21. The molecule has 2 aromatic rings. The van der Waals surface area contributed by atoms with Crippen molar-refractivity contribution in [2.45, 2.75) is 12.5 Å². The summed E-state index contributed by atoms with van der Waals surface area (Å²) in [4.78, 5) is 0. The molecule has 0 aliphatic rings. The summed E-state index contributed by atoms with van der Waals surface area (Å²) in [5.41, 5.74) is 0.709. The van der Waals surface area contributed by atoms with Gasteiger partial charge in [0.05, 0.1) is 11.1 Å². The van der Waals surface area contributed by atoms with E-state index in [1.54, 1.807) is 30.3 Å². The molecule has 19 heavy (non-hydrogen) atoms. The molecule has 100 valence electrons. The van der Waals surface area contributed by atoms with Gasteiger partial charge in [0.25, 0.3) is 0 Å². The third-order valence-corrected chi connectivity index (χ3v) is 3.73. The van der Waals surface area contributed by atoms with Gasteiger partial charge in [-0.25, -0.2) is 4.39 Å². The topological polar surface area (TPSA) is 20.2 Å². The number of hydrogen-bond donors (Lipinski definition) is 1. The lowest BCUT2D eigenvalue weighted by Gasteiger charge is -2.15. The van der Waals surface area contributed by atoms with E-state index in [1.807, 2.05) is 0 Å². The van der Waals surface area contributed by atoms with E-state index in [0.29, 0.717) is 21.2 Å². The SMILES string of the molecule is OC(Cc1cccc(Cl)c1F)c1c(Cl)cccc1Cl. The molecule has 1 atom stereocenters. The van der Waals surface area contributed by atoms with Crippen molar-refractivity contribution in [3.8, 4) is 0 Å². The van der Waals surface area contributed by atoms with Crippen molar-refractivity contribution in [1.29, 1.82) is 0 Å². The van der Waals surface area contributed by atoms with E-state index in [9.17, 15) is 9.50 Å². The van der Waals surface area contributed by atoms with Crippen LogP contribution in [0.4, 0.5) is 4.39 Å². The average Bonchev–Trinajstić information content (AvgIpc) is 2.35. The quantitative estimate of drug-likeness (QED) is 0.838. The number of rotatable bonds is 3. The first kappa shape index (κ1) is 14.6. The van der Waals surface area contributed by atoms with Crippen molar-refractivity contribution in [2.75, 3.05) is 0 Å². The van der Waals surface area contributed by atoms with Crippen LogP contribution in [-0.2, 0) is 6.42 Å². The molecule has 1 nitrogen and oxygen atoms in total. The molecule has 1 N–H and O–H groups in total. The molecular weight excluding hydrogens is 310 g/mol. The molecule has 0 saturated heterocycles. The lowest BCUT2D eigenvalue weighted by molar-refractivity contribution is 0.177. The second-order valence-corrected chi connectivity index (χ2v) is 5.29. The van der Waals surface area contributed by atoms with Gasteiger partial charge in [0.1, 0.15) is 5.82 Å². The Morgan fingerprint density at radius 2 is 1.47 bits per heavy atom. The zero-order valence-corrected chi connectivity index (χ0v) is 12.0. The highest BCUT2D eigenvalue weighted by Crippen LogP contribution is 2.33. The summed E-state index contributed by atoms with van der Waals surface area (Å²) in [6.07, 6.45) is -0.940. The van der Waals surface area contributed by atoms with Crippen molar-refractivity contribution in [3.63, 3.8) is 0 Å². The van der Waals surface area contributed by atoms with Crippen molar-refractivity contribution >= 4 is 34.8 Å². The Bertz CT molecular complexity index is 581. The van der Waals surface area contributed by atoms with Crippen LogP contribution in [0.15, 0.2) is 36.4 Å². The van der Waals surface area contributed by atoms with Crippen molar-refractivity contribution < 1.29 is 9.50 Å². The van der Waals surface area contributed by atoms with Gasteiger partial charge in [0.15, 0.2) is 0 Å². The number of aliphatic hydroxyl groups excluding tert-OH is 1. The fraction of sp³-hybridized carbons (Fsp3) is 0.143. The lowest BCUT2D eigenvalue weighted by Crippen LogP contribution is -2.05. The molecule has 0 bridgehead atoms. The van der Waals surface area contributed by atoms with Crippen LogP contribution in [0.3, 0.4) is 0 Å². The van der Waals surface area contributed by atoms with E-state index < -0.39 is 11.9 Å². The minimum Gasteiger partial charge on any atom is -0.388 e. The van der Waals surface area contributed by atoms with E-state index in [4.69, 9.17) is 34.8 Å². The number of aliphatic hydroxyl groups is 1. The molecule has 2 rings (SSSR count). The predicted octanol–water partition coefficient (Wildman–Crippen LogP) is 5.06. The molecule has 0 fully saturated rings. The highest BCUT2D eigenvalue weighted by Gasteiger charge is 2.18. The van der Waals surface area contributed by atoms with E-state index in [2.05, 4.69) is 0 Å². The first-order valence-corrected chi connectivity index (χ1v) is 6.69. The maximum atomic E-state index is 13.8. The van der Waals surface area contributed by atoms with Crippen LogP contribution in [0, 0.1) is 5.82 Å². The number of halogens is 4. The average molecular weight is 320 g/mol. The minimum absolute atomic E-state index is 0.0231. The van der Waals surface area contributed by atoms with E-state index in [-0.39, 0.29) is 11.4 Å². The van der Waals surface area contributed by atoms with Crippen molar-refractivity contribution in [2.24, 2.45) is 0 Å². The van der Waals surface area contributed by atoms with Crippen LogP contribution in [0.1, 0.15) is 17.2 Å². The van der Waals surface area contributed by atoms with Crippen LogP contribution < -0.4 is 0 Å². The first-order valence-electron chi connectivity index (χ1n) is 5.55. The fourth-order valence-electron chi connectivity index (χ4n) is 1.85. The number of hydrogen-bond acceptors (Lipinski definition) is 1. The normalized spacial score (nSPS) is 12.5. The van der Waals surface area contributed by atoms with Gasteiger partial charge in [-0.05, 0) is 23.8 Å². The Kier molecular flexibility index (Phi) is 4.69. The van der Waals surface area contributed by atoms with Gasteiger partial charge in [-0.3, -0.25) is 0 Å². The van der Waals surface area contributed by atoms with Crippen LogP contribution in [0.2, 0.25) is 15.1 Å². The maximum absolute atomic E-state index is 13.8. The highest BCUT2D eigenvalue weighted by molar-refractivity contribution is 6.36. The summed E-state index contributed by atoms with van der Waals surface area (Å²) in [6, 6.07) is 9.58. The van der Waals surface area contributed by atoms with E-state index in [1.165, 1.54) is 6.07 Å². The second-order valence-electron chi connectivity index (χ2n) is 4.07. The maximum Gasteiger partial charge on any atom is 0.145 e. The molecule has 5 heteroatoms. The van der Waals surface area contributed by atoms with Crippen LogP contribution in [-0.4, -0.2) is 5.11 Å². The summed E-state index contributed by atoms with van der Waals surface area (Å²) in [5.74, 6) is -0.536. The van der Waals surface area contributed by atoms with E-state index >= 15 is 0 Å². The smallest absolute Gasteiger partial charge is 0.145 e. The molecule has 0 aliphatic carbocycles. The van der Waals surface area contributed by atoms with Crippen LogP contribution in [0.5, 0.6) is 0 Å². The van der Waals surface area contributed by atoms with Gasteiger partial charge >= 0.3 is 0 Å². The van der Waals surface area contributed by atoms with Gasteiger partial charge in [0.2, 0.25) is 0 Å². The molecule has 0 aliphatic heterocycles. The summed E-state index contributed by atoms with van der Waals surface area (Å²) in [7, 11) is 0. The molecule has 0 spiro atoms. The Balaban J connectivity index is 2.31. The fourth-order valence-corrected chi connectivity index (χ4v) is 2.69. The van der Waals surface area contributed by atoms with Crippen LogP contribution in [0.25, 0.3) is 0 Å². The minimum atomic E-state index is -0.992. The Morgan fingerprint density at radius 1 is 0.947 bits per heavy atom. The monoisotopic (exact) mass is 318 g/mol. The van der Waals surface area contributed by atoms with Crippen molar-refractivity contribution in [3.05, 3.63) is 68.4 Å². The molecule has 2 aromatic carbocycles. The van der Waals surface area contributed by atoms with Crippen LogP contribution >= 0.6 is 34.8 Å². The van der Waals surface area contributed by atoms with E-state index in [0.717, 1.165) is 0 Å². The number of benzene rings is 2. The zero-order chi connectivity index (χ0) is 14.0. The molecule has 0 aromatic heterocycles. The van der Waals surface area contributed by atoms with Gasteiger partial charge in [-0.2, -0.15) is 0 Å². The summed E-state index contributed by atoms with van der Waals surface area (Å²) < 4.78 is 13.8. The second kappa shape index (κ2) is 6.10. The highest BCUT2D eigenvalue weighted by atomic mass is 35.5. The Hall–Kier alpha value is -0.800. The standard InChI is InChI=1S/C14H10Cl3FO/c15-9-4-2-5-10(16)13(9)12(19)7-8-3-1-6-11(17)14(8)18/h1-6,12,19H,7H2. The first-order chi connectivity index (χ1) is 9.00. The predicted molar refractivity (Wildman–Crippen MR) is 76.5 cm³/mol. The third-order valence-electron chi connectivity index (χ3n) is 2.78. The largest absolute Gasteiger partial charge is 0.388 e. The summed E-state index contributed by atoms with van der Waals surface area (Å²) in [5, 5.41) is 10.9. The Morgan fingerprint density at radius 3 is 2.11 bits per heavy atom. The molecule has 0 heterocycles. The van der Waals surface area contributed by atoms with Gasteiger partial charge in [-0.15, -0.1) is 0 Å². The molecule has 1 unspecified atom stereocenters. The van der Waals surface area contributed by atoms with Gasteiger partial charge < -0.3 is 5.11 Å². The molecular formula is C14H10Cl3FO. The molecule has 0 saturated carbocycles. The summed E-state index contributed by atoms with van der Waals surface area (Å²) >= 11 is 17.7. The summed E-state index contributed by atoms with van der Waals surface area (Å²) in [6.45, 7) is 0. The lowest BCUT2D eigenvalue weighted by atomic mass is 10.0. The molecule has 0 radical (unpaired) electrons. The zero-order valence-electron chi connectivity index (χ0n) is 9.71. The van der Waals surface area contributed by atoms with Gasteiger partial charge in [0, 0.05) is 22.0 Å². The Labute approximate surface area is 125 Å². The van der Waals surface area contributed by atoms with Gasteiger partial charge in [-0.1, -0.05) is 53.0 Å². The molecule has 0 amide bonds.